The van der Waals surface area contributed by atoms with Gasteiger partial charge in [-0.2, -0.15) is 0 Å². The van der Waals surface area contributed by atoms with Gasteiger partial charge in [-0.15, -0.1) is 0 Å². The van der Waals surface area contributed by atoms with Gasteiger partial charge in [-0.05, 0) is 46.8 Å². The maximum absolute atomic E-state index is 12.8. The van der Waals surface area contributed by atoms with Gasteiger partial charge in [0, 0.05) is 36.0 Å². The normalized spacial score (nSPS) is 15.6. The van der Waals surface area contributed by atoms with E-state index in [4.69, 9.17) is 9.47 Å². The van der Waals surface area contributed by atoms with E-state index >= 15 is 0 Å². The fourth-order valence-electron chi connectivity index (χ4n) is 3.52. The molecule has 1 atom stereocenters. The molecule has 0 fully saturated rings. The van der Waals surface area contributed by atoms with Gasteiger partial charge in [0.25, 0.3) is 5.91 Å². The summed E-state index contributed by atoms with van der Waals surface area (Å²) in [5, 5.41) is 3.00. The molecule has 0 spiro atoms. The number of carbonyl (C=O) groups is 1. The summed E-state index contributed by atoms with van der Waals surface area (Å²) < 4.78 is 13.7. The molecule has 25 heavy (non-hydrogen) atoms. The Bertz CT molecular complexity index is 808. The average molecular weight is 342 g/mol. The molecule has 5 heteroatoms. The van der Waals surface area contributed by atoms with Gasteiger partial charge in [0.15, 0.2) is 0 Å². The van der Waals surface area contributed by atoms with Crippen LogP contribution >= 0.6 is 0 Å². The molecule has 134 valence electrons. The SMILES string of the molecule is CCOc1cc2c(cc1NC(=O)c1cc(C)n(CC)c1C)O[C@@H](C)C2. The highest BCUT2D eigenvalue weighted by atomic mass is 16.5. The molecular weight excluding hydrogens is 316 g/mol. The van der Waals surface area contributed by atoms with E-state index in [0.29, 0.717) is 23.6 Å². The van der Waals surface area contributed by atoms with E-state index < -0.39 is 0 Å². The van der Waals surface area contributed by atoms with Crippen molar-refractivity contribution in [3.63, 3.8) is 0 Å². The summed E-state index contributed by atoms with van der Waals surface area (Å²) in [7, 11) is 0. The number of hydrogen-bond donors (Lipinski definition) is 1. The van der Waals surface area contributed by atoms with Gasteiger partial charge in [-0.1, -0.05) is 0 Å². The Morgan fingerprint density at radius 2 is 2.08 bits per heavy atom. The predicted octanol–water partition coefficient (Wildman–Crippen LogP) is 4.10. The number of nitrogens with one attached hydrogen (secondary N) is 1. The highest BCUT2D eigenvalue weighted by Crippen LogP contribution is 2.38. The lowest BCUT2D eigenvalue weighted by Gasteiger charge is -2.14. The number of rotatable bonds is 5. The minimum Gasteiger partial charge on any atom is -0.492 e. The van der Waals surface area contributed by atoms with Crippen molar-refractivity contribution in [3.05, 3.63) is 40.7 Å². The third kappa shape index (κ3) is 3.23. The van der Waals surface area contributed by atoms with Gasteiger partial charge in [0.05, 0.1) is 17.9 Å². The minimum atomic E-state index is -0.125. The summed E-state index contributed by atoms with van der Waals surface area (Å²) in [5.74, 6) is 1.39. The predicted molar refractivity (Wildman–Crippen MR) is 98.9 cm³/mol. The zero-order valence-electron chi connectivity index (χ0n) is 15.6. The van der Waals surface area contributed by atoms with Gasteiger partial charge in [-0.3, -0.25) is 4.79 Å². The van der Waals surface area contributed by atoms with E-state index in [1.165, 1.54) is 0 Å². The molecule has 1 aliphatic rings. The number of anilines is 1. The van der Waals surface area contributed by atoms with Crippen LogP contribution in [0, 0.1) is 13.8 Å². The van der Waals surface area contributed by atoms with Crippen LogP contribution in [0.3, 0.4) is 0 Å². The molecule has 1 aromatic carbocycles. The molecule has 2 aromatic rings. The Kier molecular flexibility index (Phi) is 4.75. The van der Waals surface area contributed by atoms with E-state index in [1.807, 2.05) is 45.9 Å². The Hall–Kier alpha value is -2.43. The molecule has 0 saturated heterocycles. The van der Waals surface area contributed by atoms with Crippen LogP contribution in [0.4, 0.5) is 5.69 Å². The standard InChI is InChI=1S/C20H26N2O3/c1-6-22-12(3)8-16(14(22)5)20(23)21-17-11-18-15(9-13(4)25-18)10-19(17)24-7-2/h8,10-11,13H,6-7,9H2,1-5H3,(H,21,23)/t13-/m0/s1. The smallest absolute Gasteiger partial charge is 0.257 e. The molecule has 1 aromatic heterocycles. The van der Waals surface area contributed by atoms with Crippen LogP contribution in [0.2, 0.25) is 0 Å². The first kappa shape index (κ1) is 17.4. The van der Waals surface area contributed by atoms with Crippen molar-refractivity contribution in [3.8, 4) is 11.5 Å². The van der Waals surface area contributed by atoms with Crippen LogP contribution in [-0.2, 0) is 13.0 Å². The molecule has 0 saturated carbocycles. The summed E-state index contributed by atoms with van der Waals surface area (Å²) in [6.07, 6.45) is 1.01. The Balaban J connectivity index is 1.92. The summed E-state index contributed by atoms with van der Waals surface area (Å²) in [5.41, 5.74) is 4.53. The second-order valence-electron chi connectivity index (χ2n) is 6.50. The maximum atomic E-state index is 12.8. The number of carbonyl (C=O) groups excluding carboxylic acids is 1. The van der Waals surface area contributed by atoms with Crippen molar-refractivity contribution in [1.29, 1.82) is 0 Å². The molecule has 5 nitrogen and oxygen atoms in total. The number of aromatic nitrogens is 1. The van der Waals surface area contributed by atoms with Crippen molar-refractivity contribution in [2.24, 2.45) is 0 Å². The van der Waals surface area contributed by atoms with E-state index in [1.54, 1.807) is 0 Å². The lowest BCUT2D eigenvalue weighted by Crippen LogP contribution is -2.14. The number of ether oxygens (including phenoxy) is 2. The quantitative estimate of drug-likeness (QED) is 0.890. The number of amides is 1. The third-order valence-electron chi connectivity index (χ3n) is 4.68. The Morgan fingerprint density at radius 1 is 1.32 bits per heavy atom. The first-order valence-corrected chi connectivity index (χ1v) is 8.89. The second kappa shape index (κ2) is 6.82. The monoisotopic (exact) mass is 342 g/mol. The van der Waals surface area contributed by atoms with Gasteiger partial charge in [0.1, 0.15) is 17.6 Å². The number of hydrogen-bond acceptors (Lipinski definition) is 3. The highest BCUT2D eigenvalue weighted by molar-refractivity contribution is 6.06. The molecule has 3 rings (SSSR count). The van der Waals surface area contributed by atoms with Crippen molar-refractivity contribution in [2.75, 3.05) is 11.9 Å². The average Bonchev–Trinajstić information content (AvgIpc) is 3.05. The molecule has 2 heterocycles. The van der Waals surface area contributed by atoms with Crippen LogP contribution in [-0.4, -0.2) is 23.2 Å². The largest absolute Gasteiger partial charge is 0.492 e. The van der Waals surface area contributed by atoms with Crippen molar-refractivity contribution in [1.82, 2.24) is 4.57 Å². The lowest BCUT2D eigenvalue weighted by molar-refractivity contribution is 0.102. The Morgan fingerprint density at radius 3 is 2.72 bits per heavy atom. The van der Waals surface area contributed by atoms with E-state index in [2.05, 4.69) is 16.8 Å². The summed E-state index contributed by atoms with van der Waals surface area (Å²) in [6.45, 7) is 11.4. The van der Waals surface area contributed by atoms with Crippen molar-refractivity contribution < 1.29 is 14.3 Å². The van der Waals surface area contributed by atoms with Crippen LogP contribution in [0.5, 0.6) is 11.5 Å². The second-order valence-corrected chi connectivity index (χ2v) is 6.50. The van der Waals surface area contributed by atoms with Gasteiger partial charge >= 0.3 is 0 Å². The van der Waals surface area contributed by atoms with E-state index in [0.717, 1.165) is 35.7 Å². The molecule has 1 N–H and O–H groups in total. The molecule has 0 radical (unpaired) electrons. The molecule has 0 unspecified atom stereocenters. The topological polar surface area (TPSA) is 52.5 Å². The first-order chi connectivity index (χ1) is 11.9. The van der Waals surface area contributed by atoms with Gasteiger partial charge in [0.2, 0.25) is 0 Å². The van der Waals surface area contributed by atoms with Crippen molar-refractivity contribution >= 4 is 11.6 Å². The highest BCUT2D eigenvalue weighted by Gasteiger charge is 2.23. The minimum absolute atomic E-state index is 0.125. The first-order valence-electron chi connectivity index (χ1n) is 8.89. The van der Waals surface area contributed by atoms with Crippen LogP contribution in [0.25, 0.3) is 0 Å². The third-order valence-corrected chi connectivity index (χ3v) is 4.68. The summed E-state index contributed by atoms with van der Waals surface area (Å²) in [4.78, 5) is 12.8. The van der Waals surface area contributed by atoms with Crippen LogP contribution in [0.15, 0.2) is 18.2 Å². The van der Waals surface area contributed by atoms with Gasteiger partial charge in [-0.25, -0.2) is 0 Å². The molecular formula is C20H26N2O3. The summed E-state index contributed by atoms with van der Waals surface area (Å²) in [6, 6.07) is 5.79. The summed E-state index contributed by atoms with van der Waals surface area (Å²) >= 11 is 0. The molecule has 1 aliphatic heterocycles. The Labute approximate surface area is 148 Å². The molecule has 0 aliphatic carbocycles. The fraction of sp³-hybridized carbons (Fsp3) is 0.450. The fourth-order valence-corrected chi connectivity index (χ4v) is 3.52. The number of nitrogens with zero attached hydrogens (tertiary/aromatic N) is 1. The van der Waals surface area contributed by atoms with Crippen molar-refractivity contribution in [2.45, 2.75) is 53.7 Å². The van der Waals surface area contributed by atoms with Crippen LogP contribution in [0.1, 0.15) is 48.1 Å². The lowest BCUT2D eigenvalue weighted by atomic mass is 10.1. The zero-order chi connectivity index (χ0) is 18.1. The molecule has 1 amide bonds. The van der Waals surface area contributed by atoms with E-state index in [-0.39, 0.29) is 12.0 Å². The van der Waals surface area contributed by atoms with E-state index in [9.17, 15) is 4.79 Å². The molecule has 0 bridgehead atoms. The van der Waals surface area contributed by atoms with Crippen LogP contribution < -0.4 is 14.8 Å². The number of fused-ring (bicyclic) bond motifs is 1. The van der Waals surface area contributed by atoms with Gasteiger partial charge < -0.3 is 19.4 Å². The number of benzene rings is 1. The number of aryl methyl sites for hydroxylation is 1. The maximum Gasteiger partial charge on any atom is 0.257 e. The zero-order valence-corrected chi connectivity index (χ0v) is 15.6.